The van der Waals surface area contributed by atoms with Crippen LogP contribution in [0.4, 0.5) is 4.79 Å². The molecule has 0 spiro atoms. The van der Waals surface area contributed by atoms with Crippen LogP contribution in [0.25, 0.3) is 0 Å². The molecular weight excluding hydrogens is 138 g/mol. The van der Waals surface area contributed by atoms with Gasteiger partial charge in [-0.25, -0.2) is 4.79 Å². The van der Waals surface area contributed by atoms with Crippen LogP contribution in [-0.2, 0) is 9.57 Å². The number of aliphatic hydroxyl groups excluding tert-OH is 1. The van der Waals surface area contributed by atoms with Crippen LogP contribution < -0.4 is 0 Å². The second-order valence-corrected chi connectivity index (χ2v) is 1.52. The molecule has 0 aliphatic carbocycles. The summed E-state index contributed by atoms with van der Waals surface area (Å²) in [7, 11) is 2.76. The van der Waals surface area contributed by atoms with E-state index in [0.29, 0.717) is 0 Å². The standard InChI is InChI=1S/C5H11NO4/c1-6(9-2)5(8)10-4-3-7/h7H,3-4H2,1-2H3. The Morgan fingerprint density at radius 3 is 2.70 bits per heavy atom. The van der Waals surface area contributed by atoms with Gasteiger partial charge in [-0.2, -0.15) is 5.06 Å². The summed E-state index contributed by atoms with van der Waals surface area (Å²) in [6, 6.07) is 0. The molecule has 0 fully saturated rings. The highest BCUT2D eigenvalue weighted by Crippen LogP contribution is 1.87. The zero-order chi connectivity index (χ0) is 7.98. The van der Waals surface area contributed by atoms with Crippen LogP contribution in [-0.4, -0.2) is 43.6 Å². The highest BCUT2D eigenvalue weighted by molar-refractivity contribution is 5.65. The van der Waals surface area contributed by atoms with Gasteiger partial charge in [0.2, 0.25) is 0 Å². The molecule has 5 heteroatoms. The van der Waals surface area contributed by atoms with Gasteiger partial charge >= 0.3 is 6.09 Å². The van der Waals surface area contributed by atoms with E-state index in [1.165, 1.54) is 14.2 Å². The van der Waals surface area contributed by atoms with Crippen molar-refractivity contribution in [1.82, 2.24) is 5.06 Å². The predicted molar refractivity (Wildman–Crippen MR) is 33.2 cm³/mol. The maximum Gasteiger partial charge on any atom is 0.433 e. The normalized spacial score (nSPS) is 9.10. The fourth-order valence-electron chi connectivity index (χ4n) is 0.298. The number of amides is 1. The van der Waals surface area contributed by atoms with Crippen molar-refractivity contribution in [3.63, 3.8) is 0 Å². The molecule has 0 heterocycles. The number of aliphatic hydroxyl groups is 1. The Bertz CT molecular complexity index is 106. The van der Waals surface area contributed by atoms with Gasteiger partial charge in [0, 0.05) is 7.05 Å². The molecule has 0 bridgehead atoms. The van der Waals surface area contributed by atoms with Gasteiger partial charge in [0.25, 0.3) is 0 Å². The predicted octanol–water partition coefficient (Wildman–Crippen LogP) is -0.392. The van der Waals surface area contributed by atoms with E-state index in [9.17, 15) is 4.79 Å². The lowest BCUT2D eigenvalue weighted by molar-refractivity contribution is -0.0918. The van der Waals surface area contributed by atoms with Gasteiger partial charge in [-0.3, -0.25) is 4.84 Å². The average Bonchev–Trinajstić information content (AvgIpc) is 1.98. The molecule has 0 aromatic heterocycles. The molecule has 60 valence electrons. The Labute approximate surface area is 59.1 Å². The summed E-state index contributed by atoms with van der Waals surface area (Å²) in [4.78, 5) is 15.1. The lowest BCUT2D eigenvalue weighted by atomic mass is 10.8. The van der Waals surface area contributed by atoms with Gasteiger partial charge in [0.15, 0.2) is 0 Å². The maximum atomic E-state index is 10.6. The molecule has 0 atom stereocenters. The minimum atomic E-state index is -0.614. The highest BCUT2D eigenvalue weighted by Gasteiger charge is 2.06. The zero-order valence-corrected chi connectivity index (χ0v) is 6.03. The van der Waals surface area contributed by atoms with E-state index >= 15 is 0 Å². The van der Waals surface area contributed by atoms with Gasteiger partial charge in [-0.15, -0.1) is 0 Å². The van der Waals surface area contributed by atoms with Crippen LogP contribution in [0, 0.1) is 0 Å². The number of hydrogen-bond donors (Lipinski definition) is 1. The van der Waals surface area contributed by atoms with E-state index in [-0.39, 0.29) is 13.2 Å². The highest BCUT2D eigenvalue weighted by atomic mass is 16.7. The van der Waals surface area contributed by atoms with E-state index in [1.807, 2.05) is 0 Å². The molecule has 10 heavy (non-hydrogen) atoms. The lowest BCUT2D eigenvalue weighted by Crippen LogP contribution is -2.27. The minimum Gasteiger partial charge on any atom is -0.445 e. The molecule has 0 saturated carbocycles. The third-order valence-electron chi connectivity index (χ3n) is 0.848. The molecule has 5 nitrogen and oxygen atoms in total. The fourth-order valence-corrected chi connectivity index (χ4v) is 0.298. The van der Waals surface area contributed by atoms with E-state index in [1.54, 1.807) is 0 Å². The fraction of sp³-hybridized carbons (Fsp3) is 0.800. The van der Waals surface area contributed by atoms with Crippen molar-refractivity contribution in [2.75, 3.05) is 27.4 Å². The molecule has 0 aliphatic heterocycles. The summed E-state index contributed by atoms with van der Waals surface area (Å²) in [5.74, 6) is 0. The number of rotatable bonds is 3. The van der Waals surface area contributed by atoms with E-state index in [4.69, 9.17) is 5.11 Å². The van der Waals surface area contributed by atoms with Crippen molar-refractivity contribution in [2.24, 2.45) is 0 Å². The number of ether oxygens (including phenoxy) is 1. The second kappa shape index (κ2) is 5.01. The maximum absolute atomic E-state index is 10.6. The Kier molecular flexibility index (Phi) is 4.61. The first-order valence-electron chi connectivity index (χ1n) is 2.77. The van der Waals surface area contributed by atoms with Crippen LogP contribution in [0.15, 0.2) is 0 Å². The van der Waals surface area contributed by atoms with Crippen LogP contribution in [0.2, 0.25) is 0 Å². The molecule has 1 N–H and O–H groups in total. The molecular formula is C5H11NO4. The SMILES string of the molecule is CON(C)C(=O)OCCO. The van der Waals surface area contributed by atoms with Crippen molar-refractivity contribution < 1.29 is 19.5 Å². The number of carbonyl (C=O) groups is 1. The summed E-state index contributed by atoms with van der Waals surface area (Å²) in [5, 5.41) is 9.16. The molecule has 0 radical (unpaired) electrons. The first-order chi connectivity index (χ1) is 4.72. The monoisotopic (exact) mass is 149 g/mol. The Hall–Kier alpha value is -0.810. The first kappa shape index (κ1) is 9.19. The quantitative estimate of drug-likeness (QED) is 0.555. The largest absolute Gasteiger partial charge is 0.445 e. The summed E-state index contributed by atoms with van der Waals surface area (Å²) < 4.78 is 4.46. The van der Waals surface area contributed by atoms with Crippen molar-refractivity contribution >= 4 is 6.09 Å². The van der Waals surface area contributed by atoms with Crippen LogP contribution in [0.5, 0.6) is 0 Å². The van der Waals surface area contributed by atoms with Crippen molar-refractivity contribution in [1.29, 1.82) is 0 Å². The Morgan fingerprint density at radius 2 is 2.30 bits per heavy atom. The molecule has 0 aromatic carbocycles. The van der Waals surface area contributed by atoms with Gasteiger partial charge in [0.05, 0.1) is 13.7 Å². The van der Waals surface area contributed by atoms with Crippen LogP contribution in [0.1, 0.15) is 0 Å². The average molecular weight is 149 g/mol. The third kappa shape index (κ3) is 3.26. The first-order valence-corrected chi connectivity index (χ1v) is 2.77. The van der Waals surface area contributed by atoms with E-state index < -0.39 is 6.09 Å². The number of hydroxylamine groups is 2. The van der Waals surface area contributed by atoms with Crippen LogP contribution >= 0.6 is 0 Å². The summed E-state index contributed by atoms with van der Waals surface area (Å²) >= 11 is 0. The van der Waals surface area contributed by atoms with Gasteiger partial charge in [-0.05, 0) is 0 Å². The Balaban J connectivity index is 3.42. The number of hydrogen-bond acceptors (Lipinski definition) is 4. The van der Waals surface area contributed by atoms with E-state index in [2.05, 4.69) is 9.57 Å². The molecule has 1 amide bonds. The molecule has 0 aromatic rings. The van der Waals surface area contributed by atoms with Gasteiger partial charge in [0.1, 0.15) is 6.61 Å². The second-order valence-electron chi connectivity index (χ2n) is 1.52. The molecule has 0 rings (SSSR count). The third-order valence-corrected chi connectivity index (χ3v) is 0.848. The molecule has 0 saturated heterocycles. The topological polar surface area (TPSA) is 59.0 Å². The van der Waals surface area contributed by atoms with Crippen molar-refractivity contribution in [2.45, 2.75) is 0 Å². The molecule has 0 unspecified atom stereocenters. The van der Waals surface area contributed by atoms with Crippen molar-refractivity contribution in [3.05, 3.63) is 0 Å². The smallest absolute Gasteiger partial charge is 0.433 e. The van der Waals surface area contributed by atoms with Gasteiger partial charge in [-0.1, -0.05) is 0 Å². The number of carbonyl (C=O) groups excluding carboxylic acids is 1. The van der Waals surface area contributed by atoms with E-state index in [0.717, 1.165) is 5.06 Å². The van der Waals surface area contributed by atoms with Crippen molar-refractivity contribution in [3.8, 4) is 0 Å². The summed E-state index contributed by atoms with van der Waals surface area (Å²) in [6.45, 7) is -0.185. The number of nitrogens with zero attached hydrogens (tertiary/aromatic N) is 1. The summed E-state index contributed by atoms with van der Waals surface area (Å²) in [5.41, 5.74) is 0. The zero-order valence-electron chi connectivity index (χ0n) is 6.03. The lowest BCUT2D eigenvalue weighted by Gasteiger charge is -2.12. The van der Waals surface area contributed by atoms with Crippen LogP contribution in [0.3, 0.4) is 0 Å². The summed E-state index contributed by atoms with van der Waals surface area (Å²) in [6.07, 6.45) is -0.614. The van der Waals surface area contributed by atoms with Gasteiger partial charge < -0.3 is 9.84 Å². The minimum absolute atomic E-state index is 0.00741. The molecule has 0 aliphatic rings. The Morgan fingerprint density at radius 1 is 1.70 bits per heavy atom.